The first-order chi connectivity index (χ1) is 10.6. The molecular formula is C17H15BrClN3. The molecule has 0 aliphatic heterocycles. The Morgan fingerprint density at radius 2 is 2.00 bits per heavy atom. The van der Waals surface area contributed by atoms with Crippen molar-refractivity contribution in [3.8, 4) is 0 Å². The van der Waals surface area contributed by atoms with Crippen LogP contribution in [0.25, 0.3) is 0 Å². The van der Waals surface area contributed by atoms with Crippen molar-refractivity contribution in [2.45, 2.75) is 13.0 Å². The highest BCUT2D eigenvalue weighted by Crippen LogP contribution is 2.24. The van der Waals surface area contributed by atoms with Gasteiger partial charge in [0.1, 0.15) is 5.82 Å². The lowest BCUT2D eigenvalue weighted by molar-refractivity contribution is 0.740. The first kappa shape index (κ1) is 15.1. The van der Waals surface area contributed by atoms with Crippen molar-refractivity contribution in [1.82, 2.24) is 9.55 Å². The van der Waals surface area contributed by atoms with Gasteiger partial charge in [-0.2, -0.15) is 0 Å². The number of aromatic nitrogens is 2. The van der Waals surface area contributed by atoms with Gasteiger partial charge in [0.2, 0.25) is 0 Å². The molecule has 0 aliphatic rings. The Balaban J connectivity index is 1.81. The van der Waals surface area contributed by atoms with Gasteiger partial charge in [0.25, 0.3) is 0 Å². The molecule has 1 heterocycles. The van der Waals surface area contributed by atoms with Gasteiger partial charge in [-0.25, -0.2) is 4.98 Å². The summed E-state index contributed by atoms with van der Waals surface area (Å²) in [4.78, 5) is 4.47. The van der Waals surface area contributed by atoms with E-state index in [2.05, 4.69) is 31.5 Å². The van der Waals surface area contributed by atoms with Crippen LogP contribution in [0.4, 0.5) is 5.69 Å². The molecule has 0 radical (unpaired) electrons. The van der Waals surface area contributed by atoms with E-state index in [1.165, 1.54) is 0 Å². The minimum atomic E-state index is 0.715. The van der Waals surface area contributed by atoms with Crippen LogP contribution in [-0.4, -0.2) is 9.55 Å². The smallest absolute Gasteiger partial charge is 0.113 e. The molecule has 3 aromatic rings. The molecule has 0 spiro atoms. The molecule has 22 heavy (non-hydrogen) atoms. The minimum Gasteiger partial charge on any atom is -0.399 e. The maximum atomic E-state index is 6.04. The first-order valence-electron chi connectivity index (χ1n) is 6.90. The van der Waals surface area contributed by atoms with E-state index in [1.807, 2.05) is 48.8 Å². The van der Waals surface area contributed by atoms with E-state index in [9.17, 15) is 0 Å². The Hall–Kier alpha value is -1.78. The summed E-state index contributed by atoms with van der Waals surface area (Å²) in [7, 11) is 0. The van der Waals surface area contributed by atoms with E-state index in [1.54, 1.807) is 0 Å². The number of hydrogen-bond donors (Lipinski definition) is 1. The average molecular weight is 377 g/mol. The molecule has 0 saturated carbocycles. The summed E-state index contributed by atoms with van der Waals surface area (Å²) in [5.74, 6) is 1.01. The summed E-state index contributed by atoms with van der Waals surface area (Å²) >= 11 is 9.49. The van der Waals surface area contributed by atoms with Crippen LogP contribution in [0.15, 0.2) is 59.3 Å². The normalized spacial score (nSPS) is 10.8. The number of rotatable bonds is 4. The second-order valence-electron chi connectivity index (χ2n) is 5.14. The SMILES string of the molecule is Nc1cccc(Cn2ccnc2Cc2ccc(Cl)c(Br)c2)c1. The lowest BCUT2D eigenvalue weighted by Gasteiger charge is -2.09. The highest BCUT2D eigenvalue weighted by Gasteiger charge is 2.07. The number of anilines is 1. The topological polar surface area (TPSA) is 43.8 Å². The quantitative estimate of drug-likeness (QED) is 0.680. The van der Waals surface area contributed by atoms with Gasteiger partial charge in [-0.3, -0.25) is 0 Å². The second kappa shape index (κ2) is 6.55. The third-order valence-corrected chi connectivity index (χ3v) is 4.67. The Labute approximate surface area is 142 Å². The van der Waals surface area contributed by atoms with Crippen LogP contribution in [-0.2, 0) is 13.0 Å². The fourth-order valence-corrected chi connectivity index (χ4v) is 2.92. The standard InChI is InChI=1S/C17H15BrClN3/c18-15-9-12(4-5-16(15)19)10-17-21-6-7-22(17)11-13-2-1-3-14(20)8-13/h1-9H,10-11,20H2. The molecule has 0 fully saturated rings. The van der Waals surface area contributed by atoms with E-state index in [4.69, 9.17) is 17.3 Å². The molecule has 0 amide bonds. The van der Waals surface area contributed by atoms with E-state index in [-0.39, 0.29) is 0 Å². The van der Waals surface area contributed by atoms with Crippen LogP contribution in [0.5, 0.6) is 0 Å². The zero-order valence-electron chi connectivity index (χ0n) is 11.8. The number of nitrogen functional groups attached to an aromatic ring is 1. The van der Waals surface area contributed by atoms with E-state index < -0.39 is 0 Å². The van der Waals surface area contributed by atoms with Crippen LogP contribution in [0.2, 0.25) is 5.02 Å². The maximum Gasteiger partial charge on any atom is 0.113 e. The Morgan fingerprint density at radius 3 is 2.77 bits per heavy atom. The highest BCUT2D eigenvalue weighted by molar-refractivity contribution is 9.10. The molecular weight excluding hydrogens is 362 g/mol. The number of nitrogens with two attached hydrogens (primary N) is 1. The number of halogens is 2. The van der Waals surface area contributed by atoms with Gasteiger partial charge in [-0.1, -0.05) is 29.8 Å². The third kappa shape index (κ3) is 3.51. The largest absolute Gasteiger partial charge is 0.399 e. The van der Waals surface area contributed by atoms with Crippen molar-refractivity contribution in [3.05, 3.63) is 81.3 Å². The van der Waals surface area contributed by atoms with Gasteiger partial charge in [-0.05, 0) is 51.3 Å². The van der Waals surface area contributed by atoms with Crippen LogP contribution < -0.4 is 5.73 Å². The van der Waals surface area contributed by atoms with E-state index in [0.29, 0.717) is 5.02 Å². The van der Waals surface area contributed by atoms with Gasteiger partial charge in [0, 0.05) is 35.5 Å². The van der Waals surface area contributed by atoms with E-state index >= 15 is 0 Å². The third-order valence-electron chi connectivity index (χ3n) is 3.45. The van der Waals surface area contributed by atoms with Crippen LogP contribution in [0, 0.1) is 0 Å². The van der Waals surface area contributed by atoms with Gasteiger partial charge in [-0.15, -0.1) is 0 Å². The van der Waals surface area contributed by atoms with Crippen LogP contribution in [0.3, 0.4) is 0 Å². The zero-order valence-corrected chi connectivity index (χ0v) is 14.2. The maximum absolute atomic E-state index is 6.04. The Kier molecular flexibility index (Phi) is 4.50. The van der Waals surface area contributed by atoms with Gasteiger partial charge >= 0.3 is 0 Å². The summed E-state index contributed by atoms with van der Waals surface area (Å²) in [5.41, 5.74) is 8.94. The summed E-state index contributed by atoms with van der Waals surface area (Å²) in [5, 5.41) is 0.715. The predicted molar refractivity (Wildman–Crippen MR) is 94.1 cm³/mol. The summed E-state index contributed by atoms with van der Waals surface area (Å²) in [6, 6.07) is 13.9. The molecule has 3 rings (SSSR count). The number of nitrogens with zero attached hydrogens (tertiary/aromatic N) is 2. The van der Waals surface area contributed by atoms with Crippen LogP contribution >= 0.6 is 27.5 Å². The molecule has 0 unspecified atom stereocenters. The summed E-state index contributed by atoms with van der Waals surface area (Å²) in [6.45, 7) is 0.759. The molecule has 0 aliphatic carbocycles. The Morgan fingerprint density at radius 1 is 1.14 bits per heavy atom. The Bertz CT molecular complexity index is 798. The molecule has 5 heteroatoms. The summed E-state index contributed by atoms with van der Waals surface area (Å²) in [6.07, 6.45) is 4.57. The molecule has 0 saturated heterocycles. The molecule has 2 N–H and O–H groups in total. The van der Waals surface area contributed by atoms with Crippen molar-refractivity contribution < 1.29 is 0 Å². The zero-order chi connectivity index (χ0) is 15.5. The summed E-state index contributed by atoms with van der Waals surface area (Å²) < 4.78 is 3.04. The molecule has 2 aromatic carbocycles. The number of hydrogen-bond acceptors (Lipinski definition) is 2. The first-order valence-corrected chi connectivity index (χ1v) is 8.07. The molecule has 1 aromatic heterocycles. The monoisotopic (exact) mass is 375 g/mol. The molecule has 0 bridgehead atoms. The van der Waals surface area contributed by atoms with Crippen molar-refractivity contribution >= 4 is 33.2 Å². The van der Waals surface area contributed by atoms with Gasteiger partial charge in [0.05, 0.1) is 5.02 Å². The van der Waals surface area contributed by atoms with Gasteiger partial charge < -0.3 is 10.3 Å². The number of imidazole rings is 1. The van der Waals surface area contributed by atoms with Crippen molar-refractivity contribution in [1.29, 1.82) is 0 Å². The van der Waals surface area contributed by atoms with Crippen molar-refractivity contribution in [2.24, 2.45) is 0 Å². The second-order valence-corrected chi connectivity index (χ2v) is 6.40. The van der Waals surface area contributed by atoms with Crippen LogP contribution in [0.1, 0.15) is 17.0 Å². The van der Waals surface area contributed by atoms with Crippen molar-refractivity contribution in [2.75, 3.05) is 5.73 Å². The minimum absolute atomic E-state index is 0.715. The fraction of sp³-hybridized carbons (Fsp3) is 0.118. The predicted octanol–water partition coefficient (Wildman–Crippen LogP) is 4.52. The molecule has 3 nitrogen and oxygen atoms in total. The van der Waals surface area contributed by atoms with Crippen molar-refractivity contribution in [3.63, 3.8) is 0 Å². The molecule has 0 atom stereocenters. The number of benzene rings is 2. The molecule has 112 valence electrons. The fourth-order valence-electron chi connectivity index (χ4n) is 2.37. The van der Waals surface area contributed by atoms with Gasteiger partial charge in [0.15, 0.2) is 0 Å². The highest BCUT2D eigenvalue weighted by atomic mass is 79.9. The van der Waals surface area contributed by atoms with E-state index in [0.717, 1.165) is 40.1 Å². The lowest BCUT2D eigenvalue weighted by Crippen LogP contribution is -2.05. The average Bonchev–Trinajstić information content (AvgIpc) is 2.90. The lowest BCUT2D eigenvalue weighted by atomic mass is 10.1.